The van der Waals surface area contributed by atoms with Crippen molar-refractivity contribution in [3.05, 3.63) is 29.8 Å². The fourth-order valence-corrected chi connectivity index (χ4v) is 2.38. The molecule has 1 unspecified atom stereocenters. The summed E-state index contributed by atoms with van der Waals surface area (Å²) in [7, 11) is 0. The van der Waals surface area contributed by atoms with Crippen LogP contribution in [0.2, 0.25) is 0 Å². The molecular formula is C9H10OS. The van der Waals surface area contributed by atoms with Gasteiger partial charge in [-0.3, -0.25) is 4.79 Å². The maximum Gasteiger partial charge on any atom is 0.164 e. The van der Waals surface area contributed by atoms with E-state index in [1.807, 2.05) is 24.3 Å². The van der Waals surface area contributed by atoms with E-state index in [0.717, 1.165) is 16.2 Å². The predicted octanol–water partition coefficient (Wildman–Crippen LogP) is 1.83. The molecule has 0 aromatic heterocycles. The summed E-state index contributed by atoms with van der Waals surface area (Å²) in [5, 5.41) is 0. The Morgan fingerprint density at radius 2 is 2.27 bits per heavy atom. The molecule has 2 rings (SSSR count). The molecule has 1 aliphatic rings. The van der Waals surface area contributed by atoms with Gasteiger partial charge in [0.2, 0.25) is 0 Å². The summed E-state index contributed by atoms with van der Waals surface area (Å²) in [5.74, 6) is 0.946. The van der Waals surface area contributed by atoms with E-state index in [9.17, 15) is 4.79 Å². The van der Waals surface area contributed by atoms with Gasteiger partial charge in [-0.2, -0.15) is 0 Å². The molecule has 1 aliphatic heterocycles. The Balaban J connectivity index is 2.55. The lowest BCUT2D eigenvalue weighted by Crippen LogP contribution is -2.07. The fraction of sp³-hybridized carbons (Fsp3) is 0.222. The summed E-state index contributed by atoms with van der Waals surface area (Å²) in [6.07, 6.45) is 0.562. The number of fused-ring (bicyclic) bond motifs is 1. The van der Waals surface area contributed by atoms with Gasteiger partial charge < -0.3 is 0 Å². The van der Waals surface area contributed by atoms with Crippen molar-refractivity contribution < 1.29 is 4.79 Å². The molecule has 0 saturated carbocycles. The number of benzene rings is 1. The standard InChI is InChI=1S/C9H10OS/c10-8-5-6-11-9-4-2-1-3-7(8)9/h1-4H,5-6,11H2/i11D. The van der Waals surface area contributed by atoms with Crippen molar-refractivity contribution in [2.75, 3.05) is 5.75 Å². The molecule has 1 atom stereocenters. The molecule has 2 heteroatoms. The van der Waals surface area contributed by atoms with E-state index >= 15 is 0 Å². The molecule has 0 fully saturated rings. The minimum atomic E-state index is -0.805. The monoisotopic (exact) mass is 167 g/mol. The average molecular weight is 167 g/mol. The van der Waals surface area contributed by atoms with Gasteiger partial charge in [0.25, 0.3) is 0 Å². The summed E-state index contributed by atoms with van der Waals surface area (Å²) in [4.78, 5) is 12.3. The third-order valence-corrected chi connectivity index (χ3v) is 3.00. The van der Waals surface area contributed by atoms with E-state index in [2.05, 4.69) is 0 Å². The molecule has 58 valence electrons. The molecule has 1 nitrogen and oxygen atoms in total. The quantitative estimate of drug-likeness (QED) is 0.576. The maximum atomic E-state index is 11.4. The molecule has 0 aliphatic carbocycles. The fourth-order valence-electron chi connectivity index (χ4n) is 1.26. The minimum Gasteiger partial charge on any atom is -0.294 e. The van der Waals surface area contributed by atoms with E-state index in [1.54, 1.807) is 0 Å². The minimum absolute atomic E-state index is 0.205. The van der Waals surface area contributed by atoms with E-state index in [4.69, 9.17) is 1.12 Å². The first-order valence-corrected chi connectivity index (χ1v) is 4.75. The maximum absolute atomic E-state index is 11.4. The van der Waals surface area contributed by atoms with Crippen LogP contribution in [-0.4, -0.2) is 12.7 Å². The van der Waals surface area contributed by atoms with Crippen LogP contribution in [0.1, 0.15) is 16.8 Å². The van der Waals surface area contributed by atoms with Crippen LogP contribution in [0.3, 0.4) is 0 Å². The van der Waals surface area contributed by atoms with Crippen molar-refractivity contribution in [2.24, 2.45) is 0 Å². The molecular weight excluding hydrogens is 156 g/mol. The van der Waals surface area contributed by atoms with E-state index < -0.39 is 11.7 Å². The van der Waals surface area contributed by atoms with Crippen LogP contribution in [0.5, 0.6) is 0 Å². The molecule has 0 spiro atoms. The zero-order chi connectivity index (χ0) is 8.55. The van der Waals surface area contributed by atoms with Gasteiger partial charge in [0, 0.05) is 12.0 Å². The number of carbonyl (C=O) groups is 1. The van der Waals surface area contributed by atoms with Crippen LogP contribution in [0.4, 0.5) is 0 Å². The molecule has 1 aromatic carbocycles. The largest absolute Gasteiger partial charge is 0.294 e. The number of Topliss-reactive ketones (excluding diaryl/α,β-unsaturated/α-hetero) is 1. The van der Waals surface area contributed by atoms with Crippen molar-refractivity contribution in [1.82, 2.24) is 0 Å². The number of ketones is 1. The van der Waals surface area contributed by atoms with Crippen molar-refractivity contribution >= 4 is 17.4 Å². The van der Waals surface area contributed by atoms with Crippen LogP contribution in [-0.2, 0) is 0 Å². The highest BCUT2D eigenvalue weighted by molar-refractivity contribution is 7.99. The second kappa shape index (κ2) is 2.70. The normalized spacial score (nSPS) is 27.5. The topological polar surface area (TPSA) is 17.1 Å². The SMILES string of the molecule is [2H][SH]1CCC(=O)c2ccccc21. The Bertz CT molecular complexity index is 324. The highest BCUT2D eigenvalue weighted by Crippen LogP contribution is 2.28. The van der Waals surface area contributed by atoms with Gasteiger partial charge >= 0.3 is 0 Å². The lowest BCUT2D eigenvalue weighted by atomic mass is 10.1. The highest BCUT2D eigenvalue weighted by Gasteiger charge is 2.14. The summed E-state index contributed by atoms with van der Waals surface area (Å²) < 4.78 is 7.76. The second-order valence-corrected chi connectivity index (χ2v) is 3.82. The Morgan fingerprint density at radius 1 is 1.45 bits per heavy atom. The number of carbonyl (C=O) groups excluding carboxylic acids is 1. The zero-order valence-corrected chi connectivity index (χ0v) is 6.97. The Kier molecular flexibility index (Phi) is 1.43. The molecule has 0 amide bonds. The number of hydrogen-bond donors (Lipinski definition) is 0. The number of rotatable bonds is 0. The summed E-state index contributed by atoms with van der Waals surface area (Å²) >= 11 is -0.805. The van der Waals surface area contributed by atoms with Gasteiger partial charge in [-0.1, -0.05) is 18.2 Å². The van der Waals surface area contributed by atoms with Crippen LogP contribution < -0.4 is 0 Å². The van der Waals surface area contributed by atoms with Crippen LogP contribution in [0.15, 0.2) is 29.2 Å². The summed E-state index contributed by atoms with van der Waals surface area (Å²) in [6.45, 7) is 0. The summed E-state index contributed by atoms with van der Waals surface area (Å²) in [5.41, 5.74) is 0.782. The third kappa shape index (κ3) is 1.18. The predicted molar refractivity (Wildman–Crippen MR) is 48.9 cm³/mol. The van der Waals surface area contributed by atoms with Gasteiger partial charge in [0.05, 0.1) is 1.12 Å². The second-order valence-electron chi connectivity index (χ2n) is 2.57. The first-order chi connectivity index (χ1) is 5.79. The number of hydrogen-bond acceptors (Lipinski definition) is 1. The van der Waals surface area contributed by atoms with E-state index in [1.165, 1.54) is 0 Å². The van der Waals surface area contributed by atoms with Crippen LogP contribution in [0, 0.1) is 0 Å². The van der Waals surface area contributed by atoms with Crippen molar-refractivity contribution in [3.8, 4) is 0 Å². The van der Waals surface area contributed by atoms with Crippen LogP contribution >= 0.6 is 11.7 Å². The first kappa shape index (κ1) is 5.84. The van der Waals surface area contributed by atoms with Gasteiger partial charge in [-0.05, 0) is 16.7 Å². The smallest absolute Gasteiger partial charge is 0.164 e. The van der Waals surface area contributed by atoms with Gasteiger partial charge in [0.15, 0.2) is 5.78 Å². The molecule has 1 heterocycles. The summed E-state index contributed by atoms with van der Waals surface area (Å²) in [6, 6.07) is 7.51. The van der Waals surface area contributed by atoms with Crippen molar-refractivity contribution in [3.63, 3.8) is 0 Å². The Labute approximate surface area is 70.9 Å². The van der Waals surface area contributed by atoms with E-state index in [-0.39, 0.29) is 5.78 Å². The van der Waals surface area contributed by atoms with Gasteiger partial charge in [-0.25, -0.2) is 11.7 Å². The molecule has 0 saturated heterocycles. The Morgan fingerprint density at radius 3 is 3.09 bits per heavy atom. The van der Waals surface area contributed by atoms with Gasteiger partial charge in [-0.15, -0.1) is 0 Å². The lowest BCUT2D eigenvalue weighted by Gasteiger charge is -2.14. The third-order valence-electron chi connectivity index (χ3n) is 1.83. The zero-order valence-electron chi connectivity index (χ0n) is 7.08. The molecule has 1 aromatic rings. The molecule has 0 N–H and O–H groups in total. The highest BCUT2D eigenvalue weighted by atomic mass is 32.2. The first-order valence-electron chi connectivity index (χ1n) is 4.12. The molecule has 11 heavy (non-hydrogen) atoms. The Hall–Kier alpha value is -0.760. The van der Waals surface area contributed by atoms with Gasteiger partial charge in [0.1, 0.15) is 0 Å². The van der Waals surface area contributed by atoms with Crippen LogP contribution in [0.25, 0.3) is 0 Å². The lowest BCUT2D eigenvalue weighted by molar-refractivity contribution is 0.0985. The molecule has 0 bridgehead atoms. The average Bonchev–Trinajstić information content (AvgIpc) is 2.12. The van der Waals surface area contributed by atoms with E-state index in [0.29, 0.717) is 6.42 Å². The van der Waals surface area contributed by atoms with Crippen molar-refractivity contribution in [1.29, 1.82) is 1.12 Å². The van der Waals surface area contributed by atoms with Crippen molar-refractivity contribution in [2.45, 2.75) is 11.3 Å². The molecule has 0 radical (unpaired) electrons.